The highest BCUT2D eigenvalue weighted by Gasteiger charge is 2.32. The Morgan fingerprint density at radius 3 is 2.24 bits per heavy atom. The first-order valence-corrected chi connectivity index (χ1v) is 8.10. The van der Waals surface area contributed by atoms with Gasteiger partial charge in [0.15, 0.2) is 0 Å². The van der Waals surface area contributed by atoms with Crippen molar-refractivity contribution in [1.82, 2.24) is 5.32 Å². The lowest BCUT2D eigenvalue weighted by atomic mass is 9.70. The predicted octanol–water partition coefficient (Wildman–Crippen LogP) is 5.22. The lowest BCUT2D eigenvalue weighted by molar-refractivity contribution is 0.161. The minimum absolute atomic E-state index is 0.0613. The van der Waals surface area contributed by atoms with E-state index in [1.165, 1.54) is 25.0 Å². The molecule has 1 atom stereocenters. The van der Waals surface area contributed by atoms with Crippen molar-refractivity contribution in [3.8, 4) is 0 Å². The highest BCUT2D eigenvalue weighted by atomic mass is 19.1. The minimum atomic E-state index is -0.482. The lowest BCUT2D eigenvalue weighted by Gasteiger charge is -2.38. The Morgan fingerprint density at radius 1 is 1.14 bits per heavy atom. The van der Waals surface area contributed by atoms with E-state index in [0.29, 0.717) is 11.3 Å². The van der Waals surface area contributed by atoms with Crippen LogP contribution in [-0.4, -0.2) is 6.54 Å². The van der Waals surface area contributed by atoms with Gasteiger partial charge in [0.1, 0.15) is 11.6 Å². The molecule has 1 unspecified atom stereocenters. The summed E-state index contributed by atoms with van der Waals surface area (Å²) in [4.78, 5) is 0. The van der Waals surface area contributed by atoms with E-state index in [2.05, 4.69) is 26.1 Å². The first kappa shape index (κ1) is 16.4. The molecule has 2 rings (SSSR count). The maximum absolute atomic E-state index is 13.5. The molecule has 0 saturated heterocycles. The molecular weight excluding hydrogens is 268 g/mol. The quantitative estimate of drug-likeness (QED) is 0.785. The summed E-state index contributed by atoms with van der Waals surface area (Å²) in [6, 6.07) is 3.97. The molecule has 0 spiro atoms. The van der Waals surface area contributed by atoms with E-state index in [1.54, 1.807) is 0 Å². The molecule has 0 amide bonds. The summed E-state index contributed by atoms with van der Waals surface area (Å²) < 4.78 is 27.1. The molecule has 1 N–H and O–H groups in total. The normalized spacial score (nSPS) is 20.4. The highest BCUT2D eigenvalue weighted by molar-refractivity contribution is 5.22. The van der Waals surface area contributed by atoms with Gasteiger partial charge in [-0.15, -0.1) is 0 Å². The van der Waals surface area contributed by atoms with Crippen molar-refractivity contribution in [2.45, 2.75) is 58.9 Å². The van der Waals surface area contributed by atoms with E-state index < -0.39 is 11.6 Å². The average molecular weight is 295 g/mol. The van der Waals surface area contributed by atoms with E-state index >= 15 is 0 Å². The standard InChI is InChI=1S/C18H27F2N/c1-4-9-21-17(13-5-7-18(2,3)8-6-13)14-10-15(19)12-16(20)11-14/h10-13,17,21H,4-9H2,1-3H3. The molecule has 1 aliphatic carbocycles. The van der Waals surface area contributed by atoms with Crippen LogP contribution in [0, 0.1) is 23.0 Å². The van der Waals surface area contributed by atoms with Gasteiger partial charge in [-0.3, -0.25) is 0 Å². The van der Waals surface area contributed by atoms with Gasteiger partial charge < -0.3 is 5.32 Å². The molecule has 0 aromatic heterocycles. The SMILES string of the molecule is CCCNC(c1cc(F)cc(F)c1)C1CCC(C)(C)CC1. The Kier molecular flexibility index (Phi) is 5.37. The van der Waals surface area contributed by atoms with Crippen molar-refractivity contribution in [3.05, 3.63) is 35.4 Å². The smallest absolute Gasteiger partial charge is 0.126 e. The molecule has 1 aromatic rings. The van der Waals surface area contributed by atoms with Gasteiger partial charge in [-0.2, -0.15) is 0 Å². The van der Waals surface area contributed by atoms with Gasteiger partial charge in [-0.05, 0) is 67.7 Å². The topological polar surface area (TPSA) is 12.0 Å². The minimum Gasteiger partial charge on any atom is -0.310 e. The maximum Gasteiger partial charge on any atom is 0.126 e. The van der Waals surface area contributed by atoms with Gasteiger partial charge in [0, 0.05) is 12.1 Å². The Bertz CT molecular complexity index is 440. The third-order valence-electron chi connectivity index (χ3n) is 4.71. The summed E-state index contributed by atoms with van der Waals surface area (Å²) in [6.45, 7) is 7.60. The molecule has 1 aromatic carbocycles. The number of halogens is 2. The van der Waals surface area contributed by atoms with Crippen molar-refractivity contribution in [2.24, 2.45) is 11.3 Å². The van der Waals surface area contributed by atoms with Gasteiger partial charge in [-0.25, -0.2) is 8.78 Å². The van der Waals surface area contributed by atoms with Crippen LogP contribution in [0.5, 0.6) is 0 Å². The summed E-state index contributed by atoms with van der Waals surface area (Å²) >= 11 is 0. The van der Waals surface area contributed by atoms with Crippen molar-refractivity contribution in [1.29, 1.82) is 0 Å². The number of nitrogens with one attached hydrogen (secondary N) is 1. The molecule has 1 fully saturated rings. The highest BCUT2D eigenvalue weighted by Crippen LogP contribution is 2.42. The third-order valence-corrected chi connectivity index (χ3v) is 4.71. The van der Waals surface area contributed by atoms with Gasteiger partial charge >= 0.3 is 0 Å². The number of hydrogen-bond acceptors (Lipinski definition) is 1. The van der Waals surface area contributed by atoms with E-state index in [-0.39, 0.29) is 6.04 Å². The fourth-order valence-corrected chi connectivity index (χ4v) is 3.37. The average Bonchev–Trinajstić information content (AvgIpc) is 2.39. The van der Waals surface area contributed by atoms with Crippen LogP contribution in [0.4, 0.5) is 8.78 Å². The van der Waals surface area contributed by atoms with E-state index in [9.17, 15) is 8.78 Å². The maximum atomic E-state index is 13.5. The van der Waals surface area contributed by atoms with Crippen LogP contribution in [0.3, 0.4) is 0 Å². The summed E-state index contributed by atoms with van der Waals surface area (Å²) in [6.07, 6.45) is 5.62. The molecule has 0 bridgehead atoms. The summed E-state index contributed by atoms with van der Waals surface area (Å²) in [5.74, 6) is -0.500. The Balaban J connectivity index is 2.18. The zero-order chi connectivity index (χ0) is 15.5. The summed E-state index contributed by atoms with van der Waals surface area (Å²) in [7, 11) is 0. The molecular formula is C18H27F2N. The van der Waals surface area contributed by atoms with Gasteiger partial charge in [0.2, 0.25) is 0 Å². The second-order valence-corrected chi connectivity index (χ2v) is 7.14. The van der Waals surface area contributed by atoms with Crippen LogP contribution in [-0.2, 0) is 0 Å². The lowest BCUT2D eigenvalue weighted by Crippen LogP contribution is -2.33. The molecule has 0 aliphatic heterocycles. The zero-order valence-electron chi connectivity index (χ0n) is 13.4. The second kappa shape index (κ2) is 6.87. The molecule has 1 aliphatic rings. The van der Waals surface area contributed by atoms with Crippen molar-refractivity contribution >= 4 is 0 Å². The molecule has 118 valence electrons. The predicted molar refractivity (Wildman–Crippen MR) is 83.1 cm³/mol. The largest absolute Gasteiger partial charge is 0.310 e. The van der Waals surface area contributed by atoms with Crippen molar-refractivity contribution in [2.75, 3.05) is 6.54 Å². The van der Waals surface area contributed by atoms with Crippen LogP contribution >= 0.6 is 0 Å². The first-order valence-electron chi connectivity index (χ1n) is 8.10. The van der Waals surface area contributed by atoms with Crippen LogP contribution in [0.25, 0.3) is 0 Å². The summed E-state index contributed by atoms with van der Waals surface area (Å²) in [5, 5.41) is 3.50. The zero-order valence-corrected chi connectivity index (χ0v) is 13.4. The van der Waals surface area contributed by atoms with Crippen LogP contribution in [0.2, 0.25) is 0 Å². The van der Waals surface area contributed by atoms with Crippen LogP contribution in [0.15, 0.2) is 18.2 Å². The van der Waals surface area contributed by atoms with Crippen LogP contribution < -0.4 is 5.32 Å². The molecule has 21 heavy (non-hydrogen) atoms. The van der Waals surface area contributed by atoms with E-state index in [1.807, 2.05) is 0 Å². The molecule has 0 radical (unpaired) electrons. The first-order chi connectivity index (χ1) is 9.91. The number of rotatable bonds is 5. The molecule has 1 saturated carbocycles. The fraction of sp³-hybridized carbons (Fsp3) is 0.667. The van der Waals surface area contributed by atoms with Crippen molar-refractivity contribution < 1.29 is 8.78 Å². The van der Waals surface area contributed by atoms with Crippen LogP contribution in [0.1, 0.15) is 64.5 Å². The molecule has 3 heteroatoms. The fourth-order valence-electron chi connectivity index (χ4n) is 3.37. The van der Waals surface area contributed by atoms with Gasteiger partial charge in [0.05, 0.1) is 0 Å². The number of hydrogen-bond donors (Lipinski definition) is 1. The molecule has 0 heterocycles. The monoisotopic (exact) mass is 295 g/mol. The third kappa shape index (κ3) is 4.50. The van der Waals surface area contributed by atoms with Gasteiger partial charge in [0.25, 0.3) is 0 Å². The van der Waals surface area contributed by atoms with E-state index in [4.69, 9.17) is 0 Å². The van der Waals surface area contributed by atoms with Crippen molar-refractivity contribution in [3.63, 3.8) is 0 Å². The van der Waals surface area contributed by atoms with Gasteiger partial charge in [-0.1, -0.05) is 20.8 Å². The number of benzene rings is 1. The second-order valence-electron chi connectivity index (χ2n) is 7.14. The Labute approximate surface area is 127 Å². The van der Waals surface area contributed by atoms with E-state index in [0.717, 1.165) is 37.4 Å². The summed E-state index contributed by atoms with van der Waals surface area (Å²) in [5.41, 5.74) is 1.16. The Morgan fingerprint density at radius 2 is 1.71 bits per heavy atom. The Hall–Kier alpha value is -0.960. The molecule has 1 nitrogen and oxygen atoms in total.